The molecule has 1 fully saturated rings. The molecule has 1 N–H and O–H groups in total. The molecule has 0 radical (unpaired) electrons. The highest BCUT2D eigenvalue weighted by Gasteiger charge is 2.35. The summed E-state index contributed by atoms with van der Waals surface area (Å²) in [6.07, 6.45) is 8.11. The van der Waals surface area contributed by atoms with E-state index in [-0.39, 0.29) is 12.0 Å². The number of nitrogens with zero attached hydrogens (tertiary/aromatic N) is 3. The number of aliphatic hydroxyl groups excluding tert-OH is 1. The predicted molar refractivity (Wildman–Crippen MR) is 139 cm³/mol. The molecule has 4 rings (SSSR count). The van der Waals surface area contributed by atoms with Gasteiger partial charge in [-0.15, -0.1) is 0 Å². The Bertz CT molecular complexity index is 1090. The Morgan fingerprint density at radius 2 is 2.00 bits per heavy atom. The summed E-state index contributed by atoms with van der Waals surface area (Å²) < 4.78 is 20.9. The number of benzene rings is 1. The second-order valence-corrected chi connectivity index (χ2v) is 10.1. The van der Waals surface area contributed by atoms with E-state index < -0.39 is 6.17 Å². The van der Waals surface area contributed by atoms with Gasteiger partial charge < -0.3 is 14.7 Å². The van der Waals surface area contributed by atoms with Crippen molar-refractivity contribution in [3.05, 3.63) is 65.1 Å². The average Bonchev–Trinajstić information content (AvgIpc) is 2.90. The van der Waals surface area contributed by atoms with Crippen LogP contribution in [0.5, 0.6) is 5.75 Å². The second-order valence-electron chi connectivity index (χ2n) is 9.69. The van der Waals surface area contributed by atoms with Crippen molar-refractivity contribution in [1.29, 1.82) is 0 Å². The van der Waals surface area contributed by atoms with Crippen molar-refractivity contribution < 1.29 is 14.2 Å². The number of rotatable bonds is 11. The van der Waals surface area contributed by atoms with Gasteiger partial charge in [-0.3, -0.25) is 9.97 Å². The van der Waals surface area contributed by atoms with Gasteiger partial charge in [0.25, 0.3) is 0 Å². The Morgan fingerprint density at radius 1 is 1.17 bits per heavy atom. The maximum atomic E-state index is 15.6. The summed E-state index contributed by atoms with van der Waals surface area (Å²) in [7, 11) is 1.59. The van der Waals surface area contributed by atoms with Gasteiger partial charge in [0, 0.05) is 35.6 Å². The number of hydrogen-bond donors (Lipinski definition) is 1. The minimum Gasteiger partial charge on any atom is -0.497 e. The van der Waals surface area contributed by atoms with E-state index in [4.69, 9.17) is 16.3 Å². The monoisotopic (exact) mass is 499 g/mol. The van der Waals surface area contributed by atoms with Crippen molar-refractivity contribution in [3.8, 4) is 5.75 Å². The fraction of sp³-hybridized carbons (Fsp3) is 0.500. The van der Waals surface area contributed by atoms with Crippen molar-refractivity contribution in [3.63, 3.8) is 0 Å². The number of methoxy groups -OCH3 is 1. The van der Waals surface area contributed by atoms with Crippen LogP contribution < -0.4 is 4.74 Å². The zero-order valence-electron chi connectivity index (χ0n) is 20.4. The molecular formula is C28H35ClFN3O2. The molecule has 0 bridgehead atoms. The molecule has 1 aliphatic rings. The molecule has 7 heteroatoms. The molecule has 1 unspecified atom stereocenters. The molecule has 3 heterocycles. The molecule has 1 saturated heterocycles. The average molecular weight is 500 g/mol. The largest absolute Gasteiger partial charge is 0.497 e. The normalized spacial score (nSPS) is 16.9. The maximum Gasteiger partial charge on any atom is 0.127 e. The maximum absolute atomic E-state index is 15.6. The van der Waals surface area contributed by atoms with Crippen LogP contribution in [0.15, 0.2) is 48.8 Å². The third kappa shape index (κ3) is 6.49. The summed E-state index contributed by atoms with van der Waals surface area (Å²) in [5.41, 5.74) is 2.07. The molecule has 1 aliphatic heterocycles. The lowest BCUT2D eigenvalue weighted by molar-refractivity contribution is 0.0298. The van der Waals surface area contributed by atoms with Crippen LogP contribution in [-0.2, 0) is 6.42 Å². The Morgan fingerprint density at radius 3 is 2.71 bits per heavy atom. The summed E-state index contributed by atoms with van der Waals surface area (Å²) in [5, 5.41) is 11.3. The molecule has 3 aromatic rings. The zero-order chi connectivity index (χ0) is 24.7. The molecule has 0 aliphatic carbocycles. The van der Waals surface area contributed by atoms with Gasteiger partial charge in [0.1, 0.15) is 11.9 Å². The van der Waals surface area contributed by atoms with E-state index in [1.807, 2.05) is 30.5 Å². The Labute approximate surface area is 212 Å². The summed E-state index contributed by atoms with van der Waals surface area (Å²) in [4.78, 5) is 11.2. The van der Waals surface area contributed by atoms with Crippen LogP contribution in [0.1, 0.15) is 56.0 Å². The third-order valence-corrected chi connectivity index (χ3v) is 7.75. The first kappa shape index (κ1) is 25.8. The van der Waals surface area contributed by atoms with Crippen molar-refractivity contribution in [2.24, 2.45) is 5.41 Å². The first-order valence-electron chi connectivity index (χ1n) is 12.5. The number of halogens is 2. The highest BCUT2D eigenvalue weighted by atomic mass is 35.5. The highest BCUT2D eigenvalue weighted by Crippen LogP contribution is 2.41. The minimum absolute atomic E-state index is 0.0892. The lowest BCUT2D eigenvalue weighted by Crippen LogP contribution is -2.42. The number of fused-ring (bicyclic) bond motifs is 1. The van der Waals surface area contributed by atoms with Crippen molar-refractivity contribution >= 4 is 22.5 Å². The van der Waals surface area contributed by atoms with E-state index in [0.29, 0.717) is 40.1 Å². The van der Waals surface area contributed by atoms with Crippen molar-refractivity contribution in [2.75, 3.05) is 33.4 Å². The number of aliphatic hydroxyl groups is 1. The number of hydrogen-bond acceptors (Lipinski definition) is 5. The van der Waals surface area contributed by atoms with Gasteiger partial charge in [0.05, 0.1) is 17.6 Å². The molecule has 188 valence electrons. The van der Waals surface area contributed by atoms with E-state index in [1.54, 1.807) is 13.2 Å². The fourth-order valence-corrected chi connectivity index (χ4v) is 5.39. The van der Waals surface area contributed by atoms with Crippen LogP contribution >= 0.6 is 11.6 Å². The first-order chi connectivity index (χ1) is 17.0. The van der Waals surface area contributed by atoms with Gasteiger partial charge >= 0.3 is 0 Å². The number of unbranched alkanes of at least 4 members (excludes halogenated alkanes) is 1. The lowest BCUT2D eigenvalue weighted by atomic mass is 9.74. The van der Waals surface area contributed by atoms with Gasteiger partial charge in [0.2, 0.25) is 0 Å². The zero-order valence-corrected chi connectivity index (χ0v) is 21.2. The van der Waals surface area contributed by atoms with Gasteiger partial charge in [-0.1, -0.05) is 17.7 Å². The lowest BCUT2D eigenvalue weighted by Gasteiger charge is -2.41. The van der Waals surface area contributed by atoms with Crippen LogP contribution in [0.4, 0.5) is 4.39 Å². The quantitative estimate of drug-likeness (QED) is 0.319. The van der Waals surface area contributed by atoms with Gasteiger partial charge in [-0.2, -0.15) is 0 Å². The molecule has 0 spiro atoms. The van der Waals surface area contributed by atoms with Crippen LogP contribution in [0, 0.1) is 5.41 Å². The molecule has 0 amide bonds. The Balaban J connectivity index is 1.30. The predicted octanol–water partition coefficient (Wildman–Crippen LogP) is 6.18. The highest BCUT2D eigenvalue weighted by molar-refractivity contribution is 6.32. The topological polar surface area (TPSA) is 58.5 Å². The number of aryl methyl sites for hydroxylation is 1. The van der Waals surface area contributed by atoms with Gasteiger partial charge in [0.15, 0.2) is 0 Å². The van der Waals surface area contributed by atoms with Crippen LogP contribution in [0.2, 0.25) is 5.02 Å². The molecule has 1 aromatic carbocycles. The van der Waals surface area contributed by atoms with Crippen LogP contribution in [0.3, 0.4) is 0 Å². The number of likely N-dealkylation sites (tertiary alicyclic amines) is 1. The third-order valence-electron chi connectivity index (χ3n) is 7.45. The Kier molecular flexibility index (Phi) is 8.93. The van der Waals surface area contributed by atoms with E-state index in [1.165, 1.54) is 6.20 Å². The molecule has 1 atom stereocenters. The minimum atomic E-state index is -1.23. The summed E-state index contributed by atoms with van der Waals surface area (Å²) in [5.74, 6) is 0.647. The van der Waals surface area contributed by atoms with E-state index in [0.717, 1.165) is 57.4 Å². The van der Waals surface area contributed by atoms with E-state index >= 15 is 4.39 Å². The van der Waals surface area contributed by atoms with Crippen molar-refractivity contribution in [1.82, 2.24) is 14.9 Å². The number of piperidine rings is 1. The smallest absolute Gasteiger partial charge is 0.127 e. The first-order valence-corrected chi connectivity index (χ1v) is 12.9. The summed E-state index contributed by atoms with van der Waals surface area (Å²) in [6.45, 7) is 3.03. The van der Waals surface area contributed by atoms with Crippen LogP contribution in [0.25, 0.3) is 10.9 Å². The molecule has 5 nitrogen and oxygen atoms in total. The van der Waals surface area contributed by atoms with Crippen LogP contribution in [-0.4, -0.2) is 53.3 Å². The SMILES string of the molecule is COc1ccc2ncc(Cl)c(C(F)CCC3(CO)CCN(CCCCc4ccccn4)CC3)c2c1. The summed E-state index contributed by atoms with van der Waals surface area (Å²) >= 11 is 6.40. The van der Waals surface area contributed by atoms with Gasteiger partial charge in [-0.25, -0.2) is 4.39 Å². The second kappa shape index (κ2) is 12.1. The number of ether oxygens (including phenoxy) is 1. The molecule has 35 heavy (non-hydrogen) atoms. The van der Waals surface area contributed by atoms with Crippen molar-refractivity contribution in [2.45, 2.75) is 51.1 Å². The Hall–Kier alpha value is -2.28. The molecule has 0 saturated carbocycles. The molecule has 2 aromatic heterocycles. The molecular weight excluding hydrogens is 465 g/mol. The number of alkyl halides is 1. The standard InChI is InChI=1S/C28H35ClFN3O2/c1-35-22-8-9-26-23(18-22)27(24(29)19-32-26)25(30)10-11-28(20-34)12-16-33(17-13-28)15-5-3-7-21-6-2-4-14-31-21/h2,4,6,8-9,14,18-19,25,34H,3,5,7,10-13,15-17,20H2,1H3. The van der Waals surface area contributed by atoms with E-state index in [9.17, 15) is 5.11 Å². The number of aromatic nitrogens is 2. The fourth-order valence-electron chi connectivity index (χ4n) is 5.12. The van der Waals surface area contributed by atoms with E-state index in [2.05, 4.69) is 20.9 Å². The van der Waals surface area contributed by atoms with Gasteiger partial charge in [-0.05, 0) is 100 Å². The summed E-state index contributed by atoms with van der Waals surface area (Å²) in [6, 6.07) is 11.5. The number of pyridine rings is 2.